The number of unbranched alkanes of at least 4 members (excludes halogenated alkanes) is 5. The standard InChI is InChI=1S/C22H36O11/c1-14(23)30-13-17-19(31-15(2)24)20(21(22(27)33-17)32-16(3)25)29-12-10-8-6-5-7-9-11-18(26)28-4/h17,19-22,27H,5-13H2,1-4H3/t17-,19-,20+,21+,22?/m1/s1. The summed E-state index contributed by atoms with van der Waals surface area (Å²) in [6, 6.07) is 0. The Hall–Kier alpha value is -2.24. The van der Waals surface area contributed by atoms with Gasteiger partial charge in [-0.2, -0.15) is 0 Å². The Labute approximate surface area is 194 Å². The first-order valence-electron chi connectivity index (χ1n) is 11.2. The number of aliphatic hydroxyl groups excluding tert-OH is 1. The number of hydrogen-bond donors (Lipinski definition) is 1. The molecule has 0 amide bonds. The maximum atomic E-state index is 11.7. The molecule has 33 heavy (non-hydrogen) atoms. The van der Waals surface area contributed by atoms with Crippen molar-refractivity contribution >= 4 is 23.9 Å². The zero-order valence-corrected chi connectivity index (χ0v) is 19.8. The molecule has 1 aliphatic rings. The Kier molecular flexibility index (Phi) is 13.6. The van der Waals surface area contributed by atoms with Crippen molar-refractivity contribution in [3.05, 3.63) is 0 Å². The predicted octanol–water partition coefficient (Wildman–Crippen LogP) is 1.42. The van der Waals surface area contributed by atoms with Crippen LogP contribution < -0.4 is 0 Å². The maximum absolute atomic E-state index is 11.7. The van der Waals surface area contributed by atoms with Crippen LogP contribution in [0.1, 0.15) is 65.7 Å². The van der Waals surface area contributed by atoms with Crippen LogP contribution in [-0.2, 0) is 47.6 Å². The maximum Gasteiger partial charge on any atom is 0.305 e. The summed E-state index contributed by atoms with van der Waals surface area (Å²) in [5.74, 6) is -2.07. The van der Waals surface area contributed by atoms with E-state index >= 15 is 0 Å². The molecule has 0 radical (unpaired) electrons. The third-order valence-corrected chi connectivity index (χ3v) is 4.98. The van der Waals surface area contributed by atoms with Gasteiger partial charge in [-0.15, -0.1) is 0 Å². The van der Waals surface area contributed by atoms with Gasteiger partial charge < -0.3 is 33.5 Å². The van der Waals surface area contributed by atoms with E-state index in [2.05, 4.69) is 4.74 Å². The van der Waals surface area contributed by atoms with E-state index in [4.69, 9.17) is 23.7 Å². The molecule has 190 valence electrons. The Morgan fingerprint density at radius 3 is 1.94 bits per heavy atom. The third kappa shape index (κ3) is 11.4. The number of esters is 4. The molecular formula is C22H36O11. The van der Waals surface area contributed by atoms with E-state index in [9.17, 15) is 24.3 Å². The quantitative estimate of drug-likeness (QED) is 0.221. The van der Waals surface area contributed by atoms with E-state index < -0.39 is 48.6 Å². The fourth-order valence-corrected chi connectivity index (χ4v) is 3.47. The molecule has 11 heteroatoms. The van der Waals surface area contributed by atoms with Crippen LogP contribution in [0.2, 0.25) is 0 Å². The van der Waals surface area contributed by atoms with Crippen molar-refractivity contribution in [2.45, 2.75) is 96.4 Å². The molecule has 0 aliphatic carbocycles. The first-order valence-corrected chi connectivity index (χ1v) is 11.2. The Morgan fingerprint density at radius 2 is 1.36 bits per heavy atom. The van der Waals surface area contributed by atoms with Gasteiger partial charge in [0.2, 0.25) is 0 Å². The second kappa shape index (κ2) is 15.6. The minimum Gasteiger partial charge on any atom is -0.469 e. The smallest absolute Gasteiger partial charge is 0.305 e. The van der Waals surface area contributed by atoms with Crippen LogP contribution in [0, 0.1) is 0 Å². The van der Waals surface area contributed by atoms with Gasteiger partial charge in [0.25, 0.3) is 0 Å². The first kappa shape index (κ1) is 28.8. The van der Waals surface area contributed by atoms with Gasteiger partial charge in [-0.05, 0) is 12.8 Å². The molecule has 0 saturated carbocycles. The minimum atomic E-state index is -1.55. The predicted molar refractivity (Wildman–Crippen MR) is 113 cm³/mol. The van der Waals surface area contributed by atoms with E-state index in [0.717, 1.165) is 32.1 Å². The number of aliphatic hydroxyl groups is 1. The molecule has 0 spiro atoms. The molecule has 1 N–H and O–H groups in total. The van der Waals surface area contributed by atoms with Crippen LogP contribution in [0.5, 0.6) is 0 Å². The lowest BCUT2D eigenvalue weighted by atomic mass is 9.98. The molecule has 11 nitrogen and oxygen atoms in total. The number of carbonyl (C=O) groups is 4. The summed E-state index contributed by atoms with van der Waals surface area (Å²) in [7, 11) is 1.37. The van der Waals surface area contributed by atoms with Crippen molar-refractivity contribution in [3.63, 3.8) is 0 Å². The molecule has 1 saturated heterocycles. The van der Waals surface area contributed by atoms with Crippen molar-refractivity contribution in [1.82, 2.24) is 0 Å². The summed E-state index contributed by atoms with van der Waals surface area (Å²) in [6.45, 7) is 3.57. The van der Waals surface area contributed by atoms with Crippen LogP contribution in [0.25, 0.3) is 0 Å². The Balaban J connectivity index is 2.65. The highest BCUT2D eigenvalue weighted by atomic mass is 16.7. The largest absolute Gasteiger partial charge is 0.469 e. The van der Waals surface area contributed by atoms with Crippen molar-refractivity contribution in [1.29, 1.82) is 0 Å². The van der Waals surface area contributed by atoms with Crippen LogP contribution in [0.4, 0.5) is 0 Å². The van der Waals surface area contributed by atoms with Gasteiger partial charge in [0, 0.05) is 33.8 Å². The first-order chi connectivity index (χ1) is 15.6. The van der Waals surface area contributed by atoms with Crippen LogP contribution in [0.15, 0.2) is 0 Å². The van der Waals surface area contributed by atoms with Crippen molar-refractivity contribution < 1.29 is 52.7 Å². The van der Waals surface area contributed by atoms with Crippen LogP contribution in [0.3, 0.4) is 0 Å². The van der Waals surface area contributed by atoms with Crippen molar-refractivity contribution in [2.24, 2.45) is 0 Å². The van der Waals surface area contributed by atoms with Crippen LogP contribution in [-0.4, -0.2) is 80.0 Å². The lowest BCUT2D eigenvalue weighted by Gasteiger charge is -2.43. The number of hydrogen-bond acceptors (Lipinski definition) is 11. The van der Waals surface area contributed by atoms with Gasteiger partial charge in [-0.25, -0.2) is 0 Å². The van der Waals surface area contributed by atoms with E-state index in [1.54, 1.807) is 0 Å². The minimum absolute atomic E-state index is 0.210. The fourth-order valence-electron chi connectivity index (χ4n) is 3.47. The van der Waals surface area contributed by atoms with E-state index in [-0.39, 0.29) is 19.2 Å². The Morgan fingerprint density at radius 1 is 0.788 bits per heavy atom. The summed E-state index contributed by atoms with van der Waals surface area (Å²) in [5, 5.41) is 10.4. The monoisotopic (exact) mass is 476 g/mol. The second-order valence-corrected chi connectivity index (χ2v) is 7.80. The lowest BCUT2D eigenvalue weighted by Crippen LogP contribution is -2.62. The van der Waals surface area contributed by atoms with Crippen molar-refractivity contribution in [3.8, 4) is 0 Å². The molecule has 5 atom stereocenters. The molecule has 1 heterocycles. The van der Waals surface area contributed by atoms with E-state index in [1.807, 2.05) is 0 Å². The van der Waals surface area contributed by atoms with Crippen LogP contribution >= 0.6 is 0 Å². The van der Waals surface area contributed by atoms with E-state index in [0.29, 0.717) is 12.8 Å². The highest BCUT2D eigenvalue weighted by Gasteiger charge is 2.50. The molecule has 0 aromatic carbocycles. The van der Waals surface area contributed by atoms with Gasteiger partial charge in [0.15, 0.2) is 18.5 Å². The molecule has 1 fully saturated rings. The number of rotatable bonds is 14. The highest BCUT2D eigenvalue weighted by Crippen LogP contribution is 2.28. The van der Waals surface area contributed by atoms with E-state index in [1.165, 1.54) is 27.9 Å². The molecule has 1 aliphatic heterocycles. The summed E-state index contributed by atoms with van der Waals surface area (Å²) < 4.78 is 31.4. The summed E-state index contributed by atoms with van der Waals surface area (Å²) in [6.07, 6.45) is -0.301. The number of carbonyl (C=O) groups excluding carboxylic acids is 4. The Bertz CT molecular complexity index is 636. The van der Waals surface area contributed by atoms with Crippen molar-refractivity contribution in [2.75, 3.05) is 20.3 Å². The summed E-state index contributed by atoms with van der Waals surface area (Å²) in [4.78, 5) is 45.5. The SMILES string of the molecule is COC(=O)CCCCCCCCO[C@H]1[C@H](OC(C)=O)[C@@H](COC(C)=O)OC(O)[C@H]1OC(C)=O. The normalized spacial score (nSPS) is 24.6. The lowest BCUT2D eigenvalue weighted by molar-refractivity contribution is -0.300. The average molecular weight is 477 g/mol. The molecule has 1 unspecified atom stereocenters. The van der Waals surface area contributed by atoms with Gasteiger partial charge in [0.05, 0.1) is 7.11 Å². The van der Waals surface area contributed by atoms with Gasteiger partial charge in [0.1, 0.15) is 18.8 Å². The van der Waals surface area contributed by atoms with Gasteiger partial charge >= 0.3 is 23.9 Å². The molecular weight excluding hydrogens is 440 g/mol. The topological polar surface area (TPSA) is 144 Å². The average Bonchev–Trinajstić information content (AvgIpc) is 2.74. The summed E-state index contributed by atoms with van der Waals surface area (Å²) >= 11 is 0. The number of ether oxygens (including phenoxy) is 6. The van der Waals surface area contributed by atoms with Gasteiger partial charge in [-0.3, -0.25) is 19.2 Å². The summed E-state index contributed by atoms with van der Waals surface area (Å²) in [5.41, 5.74) is 0. The highest BCUT2D eigenvalue weighted by molar-refractivity contribution is 5.69. The fraction of sp³-hybridized carbons (Fsp3) is 0.818. The molecule has 0 bridgehead atoms. The second-order valence-electron chi connectivity index (χ2n) is 7.80. The zero-order valence-electron chi connectivity index (χ0n) is 19.8. The zero-order chi connectivity index (χ0) is 24.8. The molecule has 0 aromatic rings. The van der Waals surface area contributed by atoms with Gasteiger partial charge in [-0.1, -0.05) is 25.7 Å². The number of methoxy groups -OCH3 is 1. The molecule has 0 aromatic heterocycles. The third-order valence-electron chi connectivity index (χ3n) is 4.98. The molecule has 1 rings (SSSR count).